The lowest BCUT2D eigenvalue weighted by Gasteiger charge is -2.11. The molecule has 106 valence electrons. The molecule has 1 atom stereocenters. The first-order valence-corrected chi connectivity index (χ1v) is 7.83. The summed E-state index contributed by atoms with van der Waals surface area (Å²) in [5.74, 6) is 0.397. The Morgan fingerprint density at radius 2 is 2.37 bits per heavy atom. The maximum atomic E-state index is 12.0. The van der Waals surface area contributed by atoms with Gasteiger partial charge in [-0.2, -0.15) is 0 Å². The summed E-state index contributed by atoms with van der Waals surface area (Å²) >= 11 is 0. The van der Waals surface area contributed by atoms with Crippen LogP contribution in [0.5, 0.6) is 5.88 Å². The summed E-state index contributed by atoms with van der Waals surface area (Å²) in [5.41, 5.74) is 0. The largest absolute Gasteiger partial charge is 0.481 e. The average molecular weight is 285 g/mol. The van der Waals surface area contributed by atoms with Gasteiger partial charge in [0.25, 0.3) is 0 Å². The Kier molecular flexibility index (Phi) is 4.73. The Balaban J connectivity index is 1.89. The molecule has 6 nitrogen and oxygen atoms in total. The standard InChI is InChI=1S/C12H19N3O3S/c1-18-12-5-4-11(9-14-12)19(16,17)15-8-6-10-3-2-7-13-10/h4-5,9-10,13,15H,2-3,6-8H2,1H3/t10-/m1/s1. The van der Waals surface area contributed by atoms with E-state index < -0.39 is 10.0 Å². The highest BCUT2D eigenvalue weighted by Crippen LogP contribution is 2.12. The van der Waals surface area contributed by atoms with E-state index in [1.54, 1.807) is 0 Å². The third-order valence-corrected chi connectivity index (χ3v) is 4.62. The second-order valence-corrected chi connectivity index (χ2v) is 6.28. The first-order chi connectivity index (χ1) is 9.12. The fourth-order valence-electron chi connectivity index (χ4n) is 2.10. The van der Waals surface area contributed by atoms with Crippen molar-refractivity contribution in [3.63, 3.8) is 0 Å². The van der Waals surface area contributed by atoms with Gasteiger partial charge >= 0.3 is 0 Å². The van der Waals surface area contributed by atoms with E-state index in [9.17, 15) is 8.42 Å². The minimum Gasteiger partial charge on any atom is -0.481 e. The predicted octanol–water partition coefficient (Wildman–Crippen LogP) is 0.511. The van der Waals surface area contributed by atoms with E-state index >= 15 is 0 Å². The molecule has 7 heteroatoms. The number of ether oxygens (including phenoxy) is 1. The van der Waals surface area contributed by atoms with Crippen LogP contribution in [0.4, 0.5) is 0 Å². The van der Waals surface area contributed by atoms with Crippen LogP contribution in [0.25, 0.3) is 0 Å². The summed E-state index contributed by atoms with van der Waals surface area (Å²) in [4.78, 5) is 4.06. The van der Waals surface area contributed by atoms with Crippen molar-refractivity contribution in [2.45, 2.75) is 30.2 Å². The Morgan fingerprint density at radius 1 is 1.53 bits per heavy atom. The van der Waals surface area contributed by atoms with Crippen LogP contribution in [-0.4, -0.2) is 39.6 Å². The summed E-state index contributed by atoms with van der Waals surface area (Å²) in [6.45, 7) is 1.46. The molecule has 2 heterocycles. The summed E-state index contributed by atoms with van der Waals surface area (Å²) in [5, 5.41) is 3.33. The van der Waals surface area contributed by atoms with Gasteiger partial charge in [0.1, 0.15) is 4.90 Å². The molecule has 0 aromatic carbocycles. The van der Waals surface area contributed by atoms with Gasteiger partial charge in [-0.25, -0.2) is 18.1 Å². The van der Waals surface area contributed by atoms with Gasteiger partial charge in [-0.3, -0.25) is 0 Å². The van der Waals surface area contributed by atoms with E-state index in [0.29, 0.717) is 18.5 Å². The SMILES string of the molecule is COc1ccc(S(=O)(=O)NCC[C@H]2CCCN2)cn1. The smallest absolute Gasteiger partial charge is 0.242 e. The normalized spacial score (nSPS) is 19.5. The molecule has 0 amide bonds. The van der Waals surface area contributed by atoms with Crippen molar-refractivity contribution in [3.8, 4) is 5.88 Å². The first kappa shape index (κ1) is 14.2. The Bertz CT molecular complexity index is 495. The first-order valence-electron chi connectivity index (χ1n) is 6.35. The van der Waals surface area contributed by atoms with Crippen molar-refractivity contribution in [2.24, 2.45) is 0 Å². The van der Waals surface area contributed by atoms with Crippen LogP contribution >= 0.6 is 0 Å². The minimum absolute atomic E-state index is 0.160. The molecule has 1 aliphatic heterocycles. The predicted molar refractivity (Wildman–Crippen MR) is 71.6 cm³/mol. The molecule has 1 fully saturated rings. The fraction of sp³-hybridized carbons (Fsp3) is 0.583. The number of nitrogens with one attached hydrogen (secondary N) is 2. The van der Waals surface area contributed by atoms with Crippen molar-refractivity contribution in [1.82, 2.24) is 15.0 Å². The average Bonchev–Trinajstić information content (AvgIpc) is 2.92. The second kappa shape index (κ2) is 6.31. The fourth-order valence-corrected chi connectivity index (χ4v) is 3.09. The maximum absolute atomic E-state index is 12.0. The lowest BCUT2D eigenvalue weighted by atomic mass is 10.2. The number of methoxy groups -OCH3 is 1. The molecule has 0 bridgehead atoms. The van der Waals surface area contributed by atoms with Crippen LogP contribution in [0.15, 0.2) is 23.2 Å². The quantitative estimate of drug-likeness (QED) is 0.796. The molecule has 19 heavy (non-hydrogen) atoms. The van der Waals surface area contributed by atoms with Gasteiger partial charge in [0.15, 0.2) is 0 Å². The van der Waals surface area contributed by atoms with Crippen LogP contribution in [0.1, 0.15) is 19.3 Å². The van der Waals surface area contributed by atoms with E-state index in [4.69, 9.17) is 4.74 Å². The van der Waals surface area contributed by atoms with Gasteiger partial charge in [0.05, 0.1) is 13.3 Å². The highest BCUT2D eigenvalue weighted by molar-refractivity contribution is 7.89. The molecule has 0 aliphatic carbocycles. The number of nitrogens with zero attached hydrogens (tertiary/aromatic N) is 1. The van der Waals surface area contributed by atoms with Crippen LogP contribution in [-0.2, 0) is 10.0 Å². The molecule has 0 spiro atoms. The maximum Gasteiger partial charge on any atom is 0.242 e. The molecule has 2 rings (SSSR count). The molecule has 0 radical (unpaired) electrons. The second-order valence-electron chi connectivity index (χ2n) is 4.52. The molecule has 0 saturated carbocycles. The zero-order valence-electron chi connectivity index (χ0n) is 10.9. The lowest BCUT2D eigenvalue weighted by molar-refractivity contribution is 0.397. The van der Waals surface area contributed by atoms with E-state index in [1.165, 1.54) is 31.9 Å². The van der Waals surface area contributed by atoms with Crippen molar-refractivity contribution in [3.05, 3.63) is 18.3 Å². The molecule has 1 aliphatic rings. The van der Waals surface area contributed by atoms with Crippen molar-refractivity contribution in [1.29, 1.82) is 0 Å². The van der Waals surface area contributed by atoms with Crippen molar-refractivity contribution in [2.75, 3.05) is 20.2 Å². The van der Waals surface area contributed by atoms with Gasteiger partial charge < -0.3 is 10.1 Å². The van der Waals surface area contributed by atoms with E-state index in [1.807, 2.05) is 0 Å². The van der Waals surface area contributed by atoms with Crippen molar-refractivity contribution < 1.29 is 13.2 Å². The summed E-state index contributed by atoms with van der Waals surface area (Å²) in [6, 6.07) is 3.45. The lowest BCUT2D eigenvalue weighted by Crippen LogP contribution is -2.30. The summed E-state index contributed by atoms with van der Waals surface area (Å²) in [6.07, 6.45) is 4.39. The van der Waals surface area contributed by atoms with E-state index in [2.05, 4.69) is 15.0 Å². The van der Waals surface area contributed by atoms with Crippen LogP contribution in [0.3, 0.4) is 0 Å². The molecular weight excluding hydrogens is 266 g/mol. The zero-order valence-corrected chi connectivity index (χ0v) is 11.7. The number of pyridine rings is 1. The highest BCUT2D eigenvalue weighted by atomic mass is 32.2. The number of hydrogen-bond donors (Lipinski definition) is 2. The number of sulfonamides is 1. The molecule has 1 aromatic heterocycles. The molecule has 0 unspecified atom stereocenters. The topological polar surface area (TPSA) is 80.3 Å². The Labute approximate surface area is 113 Å². The van der Waals surface area contributed by atoms with Gasteiger partial charge in [0.2, 0.25) is 15.9 Å². The van der Waals surface area contributed by atoms with Gasteiger partial charge in [-0.1, -0.05) is 0 Å². The number of hydrogen-bond acceptors (Lipinski definition) is 5. The van der Waals surface area contributed by atoms with Crippen LogP contribution < -0.4 is 14.8 Å². The molecule has 2 N–H and O–H groups in total. The Hall–Kier alpha value is -1.18. The zero-order chi connectivity index (χ0) is 13.7. The molecule has 1 aromatic rings. The third kappa shape index (κ3) is 3.89. The van der Waals surface area contributed by atoms with Gasteiger partial charge in [0, 0.05) is 18.7 Å². The Morgan fingerprint density at radius 3 is 2.95 bits per heavy atom. The minimum atomic E-state index is -3.47. The summed E-state index contributed by atoms with van der Waals surface area (Å²) in [7, 11) is -1.98. The van der Waals surface area contributed by atoms with Crippen LogP contribution in [0.2, 0.25) is 0 Å². The number of rotatable bonds is 6. The van der Waals surface area contributed by atoms with Crippen molar-refractivity contribution >= 4 is 10.0 Å². The van der Waals surface area contributed by atoms with E-state index in [0.717, 1.165) is 19.4 Å². The molecular formula is C12H19N3O3S. The van der Waals surface area contributed by atoms with E-state index in [-0.39, 0.29) is 4.90 Å². The highest BCUT2D eigenvalue weighted by Gasteiger charge is 2.17. The van der Waals surface area contributed by atoms with Gasteiger partial charge in [-0.15, -0.1) is 0 Å². The monoisotopic (exact) mass is 285 g/mol. The van der Waals surface area contributed by atoms with Gasteiger partial charge in [-0.05, 0) is 31.9 Å². The summed E-state index contributed by atoms with van der Waals surface area (Å²) < 4.78 is 31.5. The van der Waals surface area contributed by atoms with Crippen LogP contribution in [0, 0.1) is 0 Å². The molecule has 1 saturated heterocycles. The third-order valence-electron chi connectivity index (χ3n) is 3.18. The number of aromatic nitrogens is 1.